The Morgan fingerprint density at radius 3 is 2.25 bits per heavy atom. The maximum atomic E-state index is 11.4. The summed E-state index contributed by atoms with van der Waals surface area (Å²) < 4.78 is 28.7. The van der Waals surface area contributed by atoms with Gasteiger partial charge in [-0.15, -0.1) is 0 Å². The van der Waals surface area contributed by atoms with Crippen LogP contribution in [0.5, 0.6) is 5.75 Å². The first-order valence-corrected chi connectivity index (χ1v) is 8.78. The van der Waals surface area contributed by atoms with Gasteiger partial charge in [0.15, 0.2) is 0 Å². The van der Waals surface area contributed by atoms with Crippen LogP contribution in [0.25, 0.3) is 0 Å². The van der Waals surface area contributed by atoms with Crippen molar-refractivity contribution in [2.75, 3.05) is 12.4 Å². The molecule has 0 aromatic heterocycles. The average molecular weight is 299 g/mol. The highest BCUT2D eigenvalue weighted by Gasteiger charge is 2.32. The van der Waals surface area contributed by atoms with Crippen molar-refractivity contribution in [3.63, 3.8) is 0 Å². The van der Waals surface area contributed by atoms with E-state index >= 15 is 0 Å². The van der Waals surface area contributed by atoms with Gasteiger partial charge < -0.3 is 4.74 Å². The molecular weight excluding hydrogens is 274 g/mol. The minimum atomic E-state index is -3.51. The van der Waals surface area contributed by atoms with Crippen LogP contribution in [0, 0.1) is 5.41 Å². The predicted molar refractivity (Wildman–Crippen MR) is 82.3 cm³/mol. The third-order valence-electron chi connectivity index (χ3n) is 3.89. The highest BCUT2D eigenvalue weighted by molar-refractivity contribution is 7.89. The van der Waals surface area contributed by atoms with Crippen LogP contribution in [0.15, 0.2) is 24.3 Å². The number of hydrogen-bond donors (Lipinski definition) is 1. The van der Waals surface area contributed by atoms with E-state index in [4.69, 9.17) is 9.88 Å². The summed E-state index contributed by atoms with van der Waals surface area (Å²) in [5.74, 6) is 0.789. The molecule has 4 nitrogen and oxygen atoms in total. The molecule has 0 spiro atoms. The molecule has 0 amide bonds. The Labute approximate surface area is 122 Å². The fourth-order valence-corrected chi connectivity index (χ4v) is 3.64. The first kappa shape index (κ1) is 17.0. The van der Waals surface area contributed by atoms with Gasteiger partial charge in [0.05, 0.1) is 12.4 Å². The van der Waals surface area contributed by atoms with Crippen LogP contribution in [0.3, 0.4) is 0 Å². The summed E-state index contributed by atoms with van der Waals surface area (Å²) in [7, 11) is -3.51. The molecule has 20 heavy (non-hydrogen) atoms. The normalized spacial score (nSPS) is 12.4. The molecule has 0 aliphatic rings. The van der Waals surface area contributed by atoms with Crippen molar-refractivity contribution >= 4 is 10.0 Å². The minimum Gasteiger partial charge on any atom is -0.493 e. The third kappa shape index (κ3) is 4.80. The Morgan fingerprint density at radius 2 is 1.75 bits per heavy atom. The van der Waals surface area contributed by atoms with Gasteiger partial charge in [0.25, 0.3) is 0 Å². The zero-order valence-electron chi connectivity index (χ0n) is 12.6. The lowest BCUT2D eigenvalue weighted by Gasteiger charge is -2.30. The summed E-state index contributed by atoms with van der Waals surface area (Å²) in [4.78, 5) is 0. The van der Waals surface area contributed by atoms with E-state index in [-0.39, 0.29) is 5.75 Å². The summed E-state index contributed by atoms with van der Waals surface area (Å²) in [6.07, 6.45) is 2.32. The van der Waals surface area contributed by atoms with Crippen molar-refractivity contribution in [1.82, 2.24) is 0 Å². The van der Waals surface area contributed by atoms with Crippen LogP contribution in [0.4, 0.5) is 0 Å². The van der Waals surface area contributed by atoms with Crippen LogP contribution >= 0.6 is 0 Å². The maximum absolute atomic E-state index is 11.4. The average Bonchev–Trinajstić information content (AvgIpc) is 2.42. The lowest BCUT2D eigenvalue weighted by Crippen LogP contribution is -2.37. The summed E-state index contributed by atoms with van der Waals surface area (Å²) >= 11 is 0. The number of primary sulfonamides is 1. The first-order valence-electron chi connectivity index (χ1n) is 7.07. The summed E-state index contributed by atoms with van der Waals surface area (Å²) in [6, 6.07) is 7.84. The molecule has 5 heteroatoms. The van der Waals surface area contributed by atoms with Crippen LogP contribution in [-0.4, -0.2) is 20.8 Å². The molecule has 0 saturated carbocycles. The Bertz CT molecular complexity index is 522. The molecule has 0 aliphatic heterocycles. The Morgan fingerprint density at radius 1 is 1.15 bits per heavy atom. The highest BCUT2D eigenvalue weighted by atomic mass is 32.2. The smallest absolute Gasteiger partial charge is 0.209 e. The molecule has 0 heterocycles. The van der Waals surface area contributed by atoms with Crippen molar-refractivity contribution in [2.45, 2.75) is 40.0 Å². The summed E-state index contributed by atoms with van der Waals surface area (Å²) in [5.41, 5.74) is 0.707. The quantitative estimate of drug-likeness (QED) is 0.802. The molecule has 0 saturated heterocycles. The van der Waals surface area contributed by atoms with E-state index in [1.807, 2.05) is 38.1 Å². The molecule has 0 radical (unpaired) electrons. The van der Waals surface area contributed by atoms with E-state index in [0.717, 1.165) is 17.7 Å². The number of ether oxygens (including phenoxy) is 1. The molecule has 0 fully saturated rings. The summed E-state index contributed by atoms with van der Waals surface area (Å²) in [5, 5.41) is 5.21. The lowest BCUT2D eigenvalue weighted by atomic mass is 9.85. The van der Waals surface area contributed by atoms with Gasteiger partial charge in [0.2, 0.25) is 10.0 Å². The fourth-order valence-electron chi connectivity index (χ4n) is 2.29. The Hall–Kier alpha value is -1.07. The van der Waals surface area contributed by atoms with Gasteiger partial charge in [-0.25, -0.2) is 13.6 Å². The van der Waals surface area contributed by atoms with Crippen LogP contribution in [0.1, 0.15) is 39.2 Å². The van der Waals surface area contributed by atoms with Gasteiger partial charge in [-0.05, 0) is 30.9 Å². The largest absolute Gasteiger partial charge is 0.493 e. The van der Waals surface area contributed by atoms with Crippen molar-refractivity contribution in [2.24, 2.45) is 10.6 Å². The second kappa shape index (κ2) is 7.09. The molecule has 0 unspecified atom stereocenters. The monoisotopic (exact) mass is 299 g/mol. The molecule has 114 valence electrons. The topological polar surface area (TPSA) is 69.4 Å². The minimum absolute atomic E-state index is 0.0404. The molecule has 0 aliphatic carbocycles. The Kier molecular flexibility index (Phi) is 6.02. The summed E-state index contributed by atoms with van der Waals surface area (Å²) in [6.45, 7) is 6.39. The van der Waals surface area contributed by atoms with Gasteiger partial charge in [-0.3, -0.25) is 0 Å². The van der Waals surface area contributed by atoms with Gasteiger partial charge in [-0.1, -0.05) is 39.0 Å². The van der Waals surface area contributed by atoms with E-state index in [2.05, 4.69) is 6.92 Å². The number of rotatable bonds is 8. The number of benzene rings is 1. The SMILES string of the molecule is CCc1ccccc1OCC(CC)(CC)CS(N)(=O)=O. The first-order chi connectivity index (χ1) is 9.36. The molecule has 1 aromatic carbocycles. The second-order valence-corrected chi connectivity index (χ2v) is 6.88. The molecule has 0 bridgehead atoms. The van der Waals surface area contributed by atoms with Crippen molar-refractivity contribution in [1.29, 1.82) is 0 Å². The number of nitrogens with two attached hydrogens (primary N) is 1. The number of hydrogen-bond acceptors (Lipinski definition) is 3. The third-order valence-corrected chi connectivity index (χ3v) is 4.91. The van der Waals surface area contributed by atoms with Gasteiger partial charge in [0, 0.05) is 5.41 Å². The molecule has 0 atom stereocenters. The zero-order chi connectivity index (χ0) is 15.2. The maximum Gasteiger partial charge on any atom is 0.209 e. The standard InChI is InChI=1S/C15H25NO3S/c1-4-13-9-7-8-10-14(13)19-11-15(5-2,6-3)12-20(16,17)18/h7-10H,4-6,11-12H2,1-3H3,(H2,16,17,18). The number of para-hydroxylation sites is 1. The molecular formula is C15H25NO3S. The lowest BCUT2D eigenvalue weighted by molar-refractivity contribution is 0.153. The van der Waals surface area contributed by atoms with Gasteiger partial charge in [0.1, 0.15) is 5.75 Å². The zero-order valence-corrected chi connectivity index (χ0v) is 13.4. The van der Waals surface area contributed by atoms with Crippen LogP contribution < -0.4 is 9.88 Å². The van der Waals surface area contributed by atoms with Crippen molar-refractivity contribution in [3.05, 3.63) is 29.8 Å². The van der Waals surface area contributed by atoms with Crippen LogP contribution in [-0.2, 0) is 16.4 Å². The number of aryl methyl sites for hydroxylation is 1. The van der Waals surface area contributed by atoms with E-state index in [0.29, 0.717) is 19.4 Å². The van der Waals surface area contributed by atoms with E-state index in [9.17, 15) is 8.42 Å². The number of sulfonamides is 1. The van der Waals surface area contributed by atoms with E-state index < -0.39 is 15.4 Å². The molecule has 1 aromatic rings. The molecule has 1 rings (SSSR count). The highest BCUT2D eigenvalue weighted by Crippen LogP contribution is 2.30. The van der Waals surface area contributed by atoms with Crippen molar-refractivity contribution in [3.8, 4) is 5.75 Å². The van der Waals surface area contributed by atoms with Crippen molar-refractivity contribution < 1.29 is 13.2 Å². The molecule has 2 N–H and O–H groups in total. The second-order valence-electron chi connectivity index (χ2n) is 5.26. The van der Waals surface area contributed by atoms with Gasteiger partial charge >= 0.3 is 0 Å². The van der Waals surface area contributed by atoms with Crippen LogP contribution in [0.2, 0.25) is 0 Å². The fraction of sp³-hybridized carbons (Fsp3) is 0.600. The van der Waals surface area contributed by atoms with Gasteiger partial charge in [-0.2, -0.15) is 0 Å². The van der Waals surface area contributed by atoms with E-state index in [1.165, 1.54) is 0 Å². The predicted octanol–water partition coefficient (Wildman–Crippen LogP) is 2.72. The Balaban J connectivity index is 2.87. The van der Waals surface area contributed by atoms with E-state index in [1.54, 1.807) is 0 Å².